The minimum absolute atomic E-state index is 0.235. The summed E-state index contributed by atoms with van der Waals surface area (Å²) in [5.74, 6) is 1.76. The van der Waals surface area contributed by atoms with Gasteiger partial charge in [-0.15, -0.1) is 0 Å². The van der Waals surface area contributed by atoms with Gasteiger partial charge in [-0.05, 0) is 37.1 Å². The second kappa shape index (κ2) is 6.88. The Morgan fingerprint density at radius 1 is 0.762 bits per heavy atom. The summed E-state index contributed by atoms with van der Waals surface area (Å²) in [6, 6.07) is 10.5. The van der Waals surface area contributed by atoms with Gasteiger partial charge in [-0.1, -0.05) is 12.1 Å². The van der Waals surface area contributed by atoms with Gasteiger partial charge >= 0.3 is 0 Å². The maximum atomic E-state index is 9.57. The van der Waals surface area contributed by atoms with E-state index in [2.05, 4.69) is 0 Å². The van der Waals surface area contributed by atoms with E-state index in [1.165, 1.54) is 0 Å². The lowest BCUT2D eigenvalue weighted by molar-refractivity contribution is 0.246. The number of aryl methyl sites for hydroxylation is 2. The fourth-order valence-corrected chi connectivity index (χ4v) is 1.80. The van der Waals surface area contributed by atoms with Crippen LogP contribution in [0.3, 0.4) is 0 Å². The average Bonchev–Trinajstić information content (AvgIpc) is 2.46. The highest BCUT2D eigenvalue weighted by Crippen LogP contribution is 2.23. The Balaban J connectivity index is 1.72. The normalized spacial score (nSPS) is 10.4. The van der Waals surface area contributed by atoms with Crippen LogP contribution in [0.15, 0.2) is 36.4 Å². The molecule has 21 heavy (non-hydrogen) atoms. The summed E-state index contributed by atoms with van der Waals surface area (Å²) >= 11 is 0. The lowest BCUT2D eigenvalue weighted by Gasteiger charge is -2.09. The Labute approximate surface area is 124 Å². The summed E-state index contributed by atoms with van der Waals surface area (Å²) in [6.45, 7) is 4.68. The van der Waals surface area contributed by atoms with Crippen molar-refractivity contribution in [3.8, 4) is 23.0 Å². The number of rotatable bonds is 6. The van der Waals surface area contributed by atoms with Gasteiger partial charge in [-0.3, -0.25) is 0 Å². The van der Waals surface area contributed by atoms with Crippen molar-refractivity contribution in [2.45, 2.75) is 20.3 Å². The average molecular weight is 288 g/mol. The molecule has 0 amide bonds. The third-order valence-corrected chi connectivity index (χ3v) is 3.19. The number of hydrogen-bond donors (Lipinski definition) is 2. The Bertz CT molecular complexity index is 554. The van der Waals surface area contributed by atoms with E-state index in [0.717, 1.165) is 11.1 Å². The van der Waals surface area contributed by atoms with Crippen LogP contribution < -0.4 is 9.47 Å². The van der Waals surface area contributed by atoms with Crippen LogP contribution in [0, 0.1) is 13.8 Å². The van der Waals surface area contributed by atoms with E-state index in [1.54, 1.807) is 12.1 Å². The van der Waals surface area contributed by atoms with Gasteiger partial charge in [0.25, 0.3) is 0 Å². The van der Waals surface area contributed by atoms with E-state index >= 15 is 0 Å². The highest BCUT2D eigenvalue weighted by molar-refractivity contribution is 5.39. The van der Waals surface area contributed by atoms with Crippen molar-refractivity contribution in [3.63, 3.8) is 0 Å². The van der Waals surface area contributed by atoms with Gasteiger partial charge in [0.05, 0.1) is 13.2 Å². The monoisotopic (exact) mass is 288 g/mol. The van der Waals surface area contributed by atoms with Gasteiger partial charge in [0, 0.05) is 18.6 Å². The molecule has 0 aromatic heterocycles. The van der Waals surface area contributed by atoms with Crippen LogP contribution in [-0.4, -0.2) is 23.4 Å². The zero-order chi connectivity index (χ0) is 15.2. The molecule has 4 heteroatoms. The maximum absolute atomic E-state index is 9.57. The van der Waals surface area contributed by atoms with Crippen LogP contribution in [0.25, 0.3) is 0 Å². The first kappa shape index (κ1) is 15.0. The van der Waals surface area contributed by atoms with Gasteiger partial charge < -0.3 is 19.7 Å². The molecule has 0 bridgehead atoms. The van der Waals surface area contributed by atoms with Crippen molar-refractivity contribution in [1.82, 2.24) is 0 Å². The van der Waals surface area contributed by atoms with Crippen LogP contribution in [-0.2, 0) is 0 Å². The second-order valence-electron chi connectivity index (χ2n) is 4.95. The minimum atomic E-state index is 0.235. The molecule has 0 aliphatic rings. The summed E-state index contributed by atoms with van der Waals surface area (Å²) in [5.41, 5.74) is 1.65. The lowest BCUT2D eigenvalue weighted by atomic mass is 10.2. The third kappa shape index (κ3) is 4.31. The predicted molar refractivity (Wildman–Crippen MR) is 81.3 cm³/mol. The van der Waals surface area contributed by atoms with E-state index in [1.807, 2.05) is 38.1 Å². The molecule has 2 aromatic carbocycles. The molecule has 2 N–H and O–H groups in total. The molecule has 0 unspecified atom stereocenters. The van der Waals surface area contributed by atoms with Crippen molar-refractivity contribution in [2.24, 2.45) is 0 Å². The Hall–Kier alpha value is -2.36. The number of benzene rings is 2. The lowest BCUT2D eigenvalue weighted by Crippen LogP contribution is -2.05. The molecule has 112 valence electrons. The fourth-order valence-electron chi connectivity index (χ4n) is 1.80. The zero-order valence-electron chi connectivity index (χ0n) is 12.3. The van der Waals surface area contributed by atoms with Crippen LogP contribution in [0.4, 0.5) is 0 Å². The van der Waals surface area contributed by atoms with Gasteiger partial charge in [0.1, 0.15) is 23.0 Å². The number of ether oxygens (including phenoxy) is 2. The first-order valence-electron chi connectivity index (χ1n) is 6.91. The summed E-state index contributed by atoms with van der Waals surface area (Å²) in [4.78, 5) is 0. The van der Waals surface area contributed by atoms with Gasteiger partial charge in [-0.25, -0.2) is 0 Å². The van der Waals surface area contributed by atoms with Crippen LogP contribution in [0.2, 0.25) is 0 Å². The van der Waals surface area contributed by atoms with E-state index < -0.39 is 0 Å². The predicted octanol–water partition coefficient (Wildman–Crippen LogP) is 3.56. The second-order valence-corrected chi connectivity index (χ2v) is 4.95. The van der Waals surface area contributed by atoms with Crippen LogP contribution >= 0.6 is 0 Å². The van der Waals surface area contributed by atoms with Crippen molar-refractivity contribution in [1.29, 1.82) is 0 Å². The number of phenols is 2. The maximum Gasteiger partial charge on any atom is 0.122 e. The van der Waals surface area contributed by atoms with E-state index in [0.29, 0.717) is 31.1 Å². The summed E-state index contributed by atoms with van der Waals surface area (Å²) < 4.78 is 11.1. The molecular formula is C17H20O4. The molecule has 0 aliphatic heterocycles. The molecule has 0 fully saturated rings. The SMILES string of the molecule is Cc1ccc(OCCCOc2ccc(C)c(O)c2)cc1O. The number of aromatic hydroxyl groups is 2. The largest absolute Gasteiger partial charge is 0.508 e. The van der Waals surface area contributed by atoms with Crippen molar-refractivity contribution in [3.05, 3.63) is 47.5 Å². The topological polar surface area (TPSA) is 58.9 Å². The summed E-state index contributed by atoms with van der Waals surface area (Å²) in [7, 11) is 0. The standard InChI is InChI=1S/C17H20O4/c1-12-4-6-14(10-16(12)18)20-8-3-9-21-15-7-5-13(2)17(19)11-15/h4-7,10-11,18-19H,3,8-9H2,1-2H3. The molecule has 0 radical (unpaired) electrons. The van der Waals surface area contributed by atoms with E-state index in [-0.39, 0.29) is 11.5 Å². The van der Waals surface area contributed by atoms with Crippen molar-refractivity contribution in [2.75, 3.05) is 13.2 Å². The Morgan fingerprint density at radius 2 is 1.19 bits per heavy atom. The molecular weight excluding hydrogens is 268 g/mol. The van der Waals surface area contributed by atoms with Crippen LogP contribution in [0.1, 0.15) is 17.5 Å². The molecule has 2 rings (SSSR count). The van der Waals surface area contributed by atoms with Gasteiger partial charge in [-0.2, -0.15) is 0 Å². The molecule has 0 saturated heterocycles. The summed E-state index contributed by atoms with van der Waals surface area (Å²) in [6.07, 6.45) is 0.712. The highest BCUT2D eigenvalue weighted by atomic mass is 16.5. The smallest absolute Gasteiger partial charge is 0.122 e. The first-order valence-corrected chi connectivity index (χ1v) is 6.91. The van der Waals surface area contributed by atoms with E-state index in [9.17, 15) is 10.2 Å². The minimum Gasteiger partial charge on any atom is -0.508 e. The van der Waals surface area contributed by atoms with Crippen molar-refractivity contribution >= 4 is 0 Å². The number of hydrogen-bond acceptors (Lipinski definition) is 4. The van der Waals surface area contributed by atoms with E-state index in [4.69, 9.17) is 9.47 Å². The molecule has 0 atom stereocenters. The fraction of sp³-hybridized carbons (Fsp3) is 0.294. The molecule has 0 heterocycles. The number of phenolic OH excluding ortho intramolecular Hbond substituents is 2. The molecule has 0 aliphatic carbocycles. The third-order valence-electron chi connectivity index (χ3n) is 3.19. The first-order chi connectivity index (χ1) is 10.1. The Kier molecular flexibility index (Phi) is 4.93. The molecule has 0 spiro atoms. The van der Waals surface area contributed by atoms with Crippen LogP contribution in [0.5, 0.6) is 23.0 Å². The van der Waals surface area contributed by atoms with Crippen molar-refractivity contribution < 1.29 is 19.7 Å². The quantitative estimate of drug-likeness (QED) is 0.798. The zero-order valence-corrected chi connectivity index (χ0v) is 12.3. The summed E-state index contributed by atoms with van der Waals surface area (Å²) in [5, 5.41) is 19.1. The van der Waals surface area contributed by atoms with Gasteiger partial charge in [0.2, 0.25) is 0 Å². The molecule has 4 nitrogen and oxygen atoms in total. The highest BCUT2D eigenvalue weighted by Gasteiger charge is 2.01. The molecule has 0 saturated carbocycles. The Morgan fingerprint density at radius 3 is 1.57 bits per heavy atom. The molecule has 2 aromatic rings. The van der Waals surface area contributed by atoms with Gasteiger partial charge in [0.15, 0.2) is 0 Å².